The zero-order chi connectivity index (χ0) is 32.4. The Morgan fingerprint density at radius 2 is 1.47 bits per heavy atom. The number of rotatable bonds is 14. The van der Waals surface area contributed by atoms with Crippen LogP contribution >= 0.6 is 0 Å². The fourth-order valence-corrected chi connectivity index (χ4v) is 6.36. The topological polar surface area (TPSA) is 96.0 Å². The van der Waals surface area contributed by atoms with E-state index in [4.69, 9.17) is 4.74 Å². The van der Waals surface area contributed by atoms with Crippen LogP contribution in [-0.4, -0.2) is 50.9 Å². The standard InChI is InChI=1S/C36H41N3O5S/c1-5-28(3)37-36(41)34(24-29-13-8-6-9-14-29)38(25-30-15-12-16-32(23-30)44-4)35(40)26-39(31-21-19-27(2)20-22-31)45(42,43)33-17-10-7-11-18-33/h6-23,28,34H,5,24-26H2,1-4H3,(H,37,41)/t28-,34+/m0/s1. The number of nitrogens with zero attached hydrogens (tertiary/aromatic N) is 2. The second-order valence-electron chi connectivity index (χ2n) is 11.1. The van der Waals surface area contributed by atoms with Crippen LogP contribution in [0.15, 0.2) is 114 Å². The number of nitrogens with one attached hydrogen (secondary N) is 1. The Labute approximate surface area is 266 Å². The molecule has 236 valence electrons. The molecule has 45 heavy (non-hydrogen) atoms. The minimum absolute atomic E-state index is 0.0630. The van der Waals surface area contributed by atoms with Crippen LogP contribution in [0.2, 0.25) is 0 Å². The van der Waals surface area contributed by atoms with Crippen molar-refractivity contribution in [3.8, 4) is 5.75 Å². The Morgan fingerprint density at radius 3 is 2.09 bits per heavy atom. The molecule has 8 nitrogen and oxygen atoms in total. The number of sulfonamides is 1. The van der Waals surface area contributed by atoms with Crippen LogP contribution in [-0.2, 0) is 32.6 Å². The van der Waals surface area contributed by atoms with Gasteiger partial charge in [0.15, 0.2) is 0 Å². The van der Waals surface area contributed by atoms with Crippen LogP contribution in [0.4, 0.5) is 5.69 Å². The molecule has 0 saturated carbocycles. The van der Waals surface area contributed by atoms with E-state index >= 15 is 0 Å². The molecule has 0 aromatic heterocycles. The summed E-state index contributed by atoms with van der Waals surface area (Å²) in [6, 6.07) is 30.8. The first kappa shape index (κ1) is 33.3. The number of carbonyl (C=O) groups is 2. The number of amides is 2. The molecule has 0 heterocycles. The van der Waals surface area contributed by atoms with Crippen molar-refractivity contribution in [2.24, 2.45) is 0 Å². The largest absolute Gasteiger partial charge is 0.497 e. The minimum atomic E-state index is -4.14. The summed E-state index contributed by atoms with van der Waals surface area (Å²) in [4.78, 5) is 30.0. The van der Waals surface area contributed by atoms with Gasteiger partial charge in [0, 0.05) is 19.0 Å². The lowest BCUT2D eigenvalue weighted by Crippen LogP contribution is -2.54. The highest BCUT2D eigenvalue weighted by molar-refractivity contribution is 7.92. The molecular weight excluding hydrogens is 586 g/mol. The normalized spacial score (nSPS) is 12.5. The molecule has 0 spiro atoms. The Bertz CT molecular complexity index is 1660. The first-order chi connectivity index (χ1) is 21.6. The zero-order valence-electron chi connectivity index (χ0n) is 26.2. The lowest BCUT2D eigenvalue weighted by molar-refractivity contribution is -0.140. The van der Waals surface area contributed by atoms with Crippen molar-refractivity contribution in [2.45, 2.75) is 57.1 Å². The molecule has 4 aromatic carbocycles. The number of aryl methyl sites for hydroxylation is 1. The molecule has 2 amide bonds. The maximum Gasteiger partial charge on any atom is 0.264 e. The lowest BCUT2D eigenvalue weighted by atomic mass is 10.0. The molecule has 0 saturated heterocycles. The summed E-state index contributed by atoms with van der Waals surface area (Å²) in [7, 11) is -2.58. The number of carbonyl (C=O) groups excluding carboxylic acids is 2. The second kappa shape index (κ2) is 15.4. The van der Waals surface area contributed by atoms with E-state index in [2.05, 4.69) is 5.32 Å². The minimum Gasteiger partial charge on any atom is -0.497 e. The first-order valence-electron chi connectivity index (χ1n) is 15.0. The van der Waals surface area contributed by atoms with E-state index in [-0.39, 0.29) is 29.8 Å². The Kier molecular flexibility index (Phi) is 11.4. The van der Waals surface area contributed by atoms with Crippen molar-refractivity contribution in [1.82, 2.24) is 10.2 Å². The number of anilines is 1. The molecule has 0 bridgehead atoms. The smallest absolute Gasteiger partial charge is 0.264 e. The Balaban J connectivity index is 1.81. The fraction of sp³-hybridized carbons (Fsp3) is 0.278. The molecule has 4 rings (SSSR count). The SMILES string of the molecule is CC[C@H](C)NC(=O)[C@@H](Cc1ccccc1)N(Cc1cccc(OC)c1)C(=O)CN(c1ccc(C)cc1)S(=O)(=O)c1ccccc1. The van der Waals surface area contributed by atoms with Crippen molar-refractivity contribution in [3.63, 3.8) is 0 Å². The predicted molar refractivity (Wildman–Crippen MR) is 178 cm³/mol. The summed E-state index contributed by atoms with van der Waals surface area (Å²) in [6.07, 6.45) is 0.957. The summed E-state index contributed by atoms with van der Waals surface area (Å²) in [6.45, 7) is 5.35. The highest BCUT2D eigenvalue weighted by Crippen LogP contribution is 2.26. The van der Waals surface area contributed by atoms with Crippen molar-refractivity contribution in [2.75, 3.05) is 18.0 Å². The number of ether oxygens (including phenoxy) is 1. The highest BCUT2D eigenvalue weighted by Gasteiger charge is 2.35. The molecule has 0 aliphatic carbocycles. The molecular formula is C36H41N3O5S. The third-order valence-corrected chi connectivity index (χ3v) is 9.48. The van der Waals surface area contributed by atoms with E-state index in [1.54, 1.807) is 55.6 Å². The van der Waals surface area contributed by atoms with Gasteiger partial charge in [0.2, 0.25) is 11.8 Å². The average Bonchev–Trinajstić information content (AvgIpc) is 3.06. The third-order valence-electron chi connectivity index (χ3n) is 7.69. The molecule has 9 heteroatoms. The van der Waals surface area contributed by atoms with Gasteiger partial charge in [0.05, 0.1) is 17.7 Å². The van der Waals surface area contributed by atoms with E-state index in [0.717, 1.165) is 21.0 Å². The molecule has 1 N–H and O–H groups in total. The van der Waals surface area contributed by atoms with E-state index < -0.39 is 28.5 Å². The maximum atomic E-state index is 14.5. The van der Waals surface area contributed by atoms with Crippen LogP contribution < -0.4 is 14.4 Å². The summed E-state index contributed by atoms with van der Waals surface area (Å²) in [5.74, 6) is -0.216. The van der Waals surface area contributed by atoms with E-state index in [9.17, 15) is 18.0 Å². The van der Waals surface area contributed by atoms with Crippen LogP contribution in [0.25, 0.3) is 0 Å². The summed E-state index contributed by atoms with van der Waals surface area (Å²) in [5, 5.41) is 3.05. The third kappa shape index (κ3) is 8.73. The van der Waals surface area contributed by atoms with Gasteiger partial charge in [-0.1, -0.05) is 85.3 Å². The average molecular weight is 628 g/mol. The molecule has 0 aliphatic rings. The van der Waals surface area contributed by atoms with Crippen molar-refractivity contribution in [1.29, 1.82) is 0 Å². The van der Waals surface area contributed by atoms with Gasteiger partial charge in [-0.25, -0.2) is 8.42 Å². The van der Waals surface area contributed by atoms with E-state index in [1.807, 2.05) is 69.3 Å². The predicted octanol–water partition coefficient (Wildman–Crippen LogP) is 5.75. The van der Waals surface area contributed by atoms with Crippen molar-refractivity contribution in [3.05, 3.63) is 126 Å². The Morgan fingerprint density at radius 1 is 0.844 bits per heavy atom. The van der Waals surface area contributed by atoms with Crippen molar-refractivity contribution < 1.29 is 22.7 Å². The molecule has 2 atom stereocenters. The monoisotopic (exact) mass is 627 g/mol. The summed E-state index contributed by atoms with van der Waals surface area (Å²) < 4.78 is 34.7. The molecule has 0 radical (unpaired) electrons. The van der Waals surface area contributed by atoms with Gasteiger partial charge < -0.3 is 15.0 Å². The van der Waals surface area contributed by atoms with E-state index in [0.29, 0.717) is 17.9 Å². The molecule has 4 aromatic rings. The van der Waals surface area contributed by atoms with Gasteiger partial charge in [0.1, 0.15) is 18.3 Å². The fourth-order valence-electron chi connectivity index (χ4n) is 4.92. The van der Waals surface area contributed by atoms with E-state index in [1.165, 1.54) is 17.0 Å². The van der Waals surface area contributed by atoms with Crippen molar-refractivity contribution >= 4 is 27.5 Å². The molecule has 0 aliphatic heterocycles. The highest BCUT2D eigenvalue weighted by atomic mass is 32.2. The first-order valence-corrected chi connectivity index (χ1v) is 16.5. The molecule has 0 unspecified atom stereocenters. The number of benzene rings is 4. The van der Waals surface area contributed by atoms with Gasteiger partial charge >= 0.3 is 0 Å². The maximum absolute atomic E-state index is 14.5. The number of methoxy groups -OCH3 is 1. The Hall–Kier alpha value is -4.63. The van der Waals surface area contributed by atoms with Crippen LogP contribution in [0.5, 0.6) is 5.75 Å². The number of hydrogen-bond acceptors (Lipinski definition) is 5. The van der Waals surface area contributed by atoms with Gasteiger partial charge in [0.25, 0.3) is 10.0 Å². The summed E-state index contributed by atoms with van der Waals surface area (Å²) in [5.41, 5.74) is 2.91. The van der Waals surface area contributed by atoms with Crippen LogP contribution in [0.1, 0.15) is 37.0 Å². The van der Waals surface area contributed by atoms with Gasteiger partial charge in [-0.05, 0) is 67.8 Å². The van der Waals surface area contributed by atoms with Crippen LogP contribution in [0.3, 0.4) is 0 Å². The summed E-state index contributed by atoms with van der Waals surface area (Å²) >= 11 is 0. The molecule has 0 fully saturated rings. The van der Waals surface area contributed by atoms with Gasteiger partial charge in [-0.15, -0.1) is 0 Å². The second-order valence-corrected chi connectivity index (χ2v) is 12.9. The number of hydrogen-bond donors (Lipinski definition) is 1. The van der Waals surface area contributed by atoms with Crippen LogP contribution in [0, 0.1) is 6.92 Å². The quantitative estimate of drug-likeness (QED) is 0.192. The van der Waals surface area contributed by atoms with Gasteiger partial charge in [-0.2, -0.15) is 0 Å². The lowest BCUT2D eigenvalue weighted by Gasteiger charge is -2.34. The zero-order valence-corrected chi connectivity index (χ0v) is 27.0. The van der Waals surface area contributed by atoms with Gasteiger partial charge in [-0.3, -0.25) is 13.9 Å².